The van der Waals surface area contributed by atoms with Crippen molar-refractivity contribution in [2.45, 2.75) is 45.7 Å². The van der Waals surface area contributed by atoms with Gasteiger partial charge in [0.2, 0.25) is 0 Å². The number of nitrogens with one attached hydrogen (secondary N) is 2. The number of para-hydroxylation sites is 1. The summed E-state index contributed by atoms with van der Waals surface area (Å²) in [7, 11) is 0. The summed E-state index contributed by atoms with van der Waals surface area (Å²) >= 11 is 0. The molecule has 1 heterocycles. The summed E-state index contributed by atoms with van der Waals surface area (Å²) in [4.78, 5) is 22.9. The maximum atomic E-state index is 11.6. The predicted molar refractivity (Wildman–Crippen MR) is 109 cm³/mol. The van der Waals surface area contributed by atoms with E-state index in [0.717, 1.165) is 22.5 Å². The maximum absolute atomic E-state index is 11.6. The van der Waals surface area contributed by atoms with Crippen LogP contribution in [0.1, 0.15) is 55.2 Å². The molecule has 1 atom stereocenters. The third kappa shape index (κ3) is 3.67. The summed E-state index contributed by atoms with van der Waals surface area (Å²) in [5.74, 6) is -1.86. The average Bonchev–Trinajstić information content (AvgIpc) is 2.60. The molecule has 0 amide bonds. The molecule has 0 saturated heterocycles. The Kier molecular flexibility index (Phi) is 4.83. The zero-order valence-electron chi connectivity index (χ0n) is 16.5. The Morgan fingerprint density at radius 1 is 1.14 bits per heavy atom. The van der Waals surface area contributed by atoms with E-state index in [9.17, 15) is 19.8 Å². The second-order valence-corrected chi connectivity index (χ2v) is 8.56. The largest absolute Gasteiger partial charge is 0.480 e. The van der Waals surface area contributed by atoms with Crippen molar-refractivity contribution < 1.29 is 19.8 Å². The minimum absolute atomic E-state index is 0.0658. The molecule has 0 radical (unpaired) electrons. The van der Waals surface area contributed by atoms with Gasteiger partial charge in [-0.1, -0.05) is 32.0 Å². The summed E-state index contributed by atoms with van der Waals surface area (Å²) in [6.07, 6.45) is 0.706. The molecule has 0 fully saturated rings. The molecule has 1 aliphatic rings. The van der Waals surface area contributed by atoms with E-state index in [1.54, 1.807) is 32.0 Å². The minimum atomic E-state index is -1.11. The molecule has 28 heavy (non-hydrogen) atoms. The number of hydrogen-bond acceptors (Lipinski definition) is 4. The summed E-state index contributed by atoms with van der Waals surface area (Å²) in [6.45, 7) is 7.52. The van der Waals surface area contributed by atoms with Gasteiger partial charge in [0.25, 0.3) is 0 Å². The molecule has 0 spiro atoms. The van der Waals surface area contributed by atoms with E-state index in [4.69, 9.17) is 0 Å². The van der Waals surface area contributed by atoms with Gasteiger partial charge in [0.15, 0.2) is 0 Å². The number of benzene rings is 2. The standard InChI is InChI=1S/C22H26N2O4/c1-21(2)12-14-11-13(19(25)26)9-10-16(14)23-18(21)15-7-5-6-8-17(15)24-22(3,4)20(27)28/h5-11,18,23-24H,12H2,1-4H3,(H,25,26)(H,27,28). The molecule has 0 aliphatic carbocycles. The van der Waals surface area contributed by atoms with Gasteiger partial charge < -0.3 is 20.8 Å². The van der Waals surface area contributed by atoms with E-state index >= 15 is 0 Å². The van der Waals surface area contributed by atoms with Gasteiger partial charge in [-0.25, -0.2) is 9.59 Å². The van der Waals surface area contributed by atoms with Crippen molar-refractivity contribution in [3.8, 4) is 0 Å². The Balaban J connectivity index is 2.01. The van der Waals surface area contributed by atoms with Crippen LogP contribution < -0.4 is 10.6 Å². The molecule has 6 nitrogen and oxygen atoms in total. The van der Waals surface area contributed by atoms with Crippen LogP contribution in [0.5, 0.6) is 0 Å². The van der Waals surface area contributed by atoms with Crippen molar-refractivity contribution >= 4 is 23.3 Å². The smallest absolute Gasteiger partial charge is 0.335 e. The summed E-state index contributed by atoms with van der Waals surface area (Å²) in [5.41, 5.74) is 2.58. The van der Waals surface area contributed by atoms with E-state index in [1.165, 1.54) is 0 Å². The first-order valence-electron chi connectivity index (χ1n) is 9.24. The molecular weight excluding hydrogens is 356 g/mol. The van der Waals surface area contributed by atoms with Gasteiger partial charge >= 0.3 is 11.9 Å². The molecule has 6 heteroatoms. The Morgan fingerprint density at radius 3 is 2.46 bits per heavy atom. The highest BCUT2D eigenvalue weighted by Crippen LogP contribution is 2.47. The Morgan fingerprint density at radius 2 is 1.82 bits per heavy atom. The van der Waals surface area contributed by atoms with E-state index in [0.29, 0.717) is 6.42 Å². The fraction of sp³-hybridized carbons (Fsp3) is 0.364. The number of hydrogen-bond donors (Lipinski definition) is 4. The van der Waals surface area contributed by atoms with Crippen LogP contribution in [0.15, 0.2) is 42.5 Å². The van der Waals surface area contributed by atoms with Crippen molar-refractivity contribution in [3.63, 3.8) is 0 Å². The van der Waals surface area contributed by atoms with Crippen LogP contribution >= 0.6 is 0 Å². The number of carbonyl (C=O) groups is 2. The lowest BCUT2D eigenvalue weighted by Gasteiger charge is -2.42. The summed E-state index contributed by atoms with van der Waals surface area (Å²) < 4.78 is 0. The number of anilines is 2. The van der Waals surface area contributed by atoms with Gasteiger partial charge in [0.05, 0.1) is 11.6 Å². The van der Waals surface area contributed by atoms with E-state index in [1.807, 2.05) is 24.3 Å². The number of aromatic carboxylic acids is 1. The number of carboxylic acid groups (broad SMARTS) is 2. The van der Waals surface area contributed by atoms with Crippen molar-refractivity contribution in [2.24, 2.45) is 5.41 Å². The highest BCUT2D eigenvalue weighted by molar-refractivity contribution is 5.88. The number of carboxylic acids is 2. The van der Waals surface area contributed by atoms with Crippen molar-refractivity contribution in [1.82, 2.24) is 0 Å². The average molecular weight is 382 g/mol. The van der Waals surface area contributed by atoms with Crippen LogP contribution in [0.3, 0.4) is 0 Å². The van der Waals surface area contributed by atoms with Crippen LogP contribution in [0, 0.1) is 5.41 Å². The molecule has 2 aromatic rings. The fourth-order valence-corrected chi connectivity index (χ4v) is 3.71. The van der Waals surface area contributed by atoms with Crippen LogP contribution in [-0.2, 0) is 11.2 Å². The predicted octanol–water partition coefficient (Wildman–Crippen LogP) is 4.40. The van der Waals surface area contributed by atoms with Crippen LogP contribution in [0.25, 0.3) is 0 Å². The fourth-order valence-electron chi connectivity index (χ4n) is 3.71. The van der Waals surface area contributed by atoms with Gasteiger partial charge in [-0.15, -0.1) is 0 Å². The van der Waals surface area contributed by atoms with Crippen molar-refractivity contribution in [1.29, 1.82) is 0 Å². The molecular formula is C22H26N2O4. The SMILES string of the molecule is CC(C)(Nc1ccccc1C1Nc2ccc(C(=O)O)cc2CC1(C)C)C(=O)O. The molecule has 148 valence electrons. The third-order valence-corrected chi connectivity index (χ3v) is 5.33. The minimum Gasteiger partial charge on any atom is -0.480 e. The monoisotopic (exact) mass is 382 g/mol. The van der Waals surface area contributed by atoms with Gasteiger partial charge in [-0.3, -0.25) is 0 Å². The second-order valence-electron chi connectivity index (χ2n) is 8.56. The highest BCUT2D eigenvalue weighted by atomic mass is 16.4. The first-order chi connectivity index (χ1) is 13.0. The Bertz CT molecular complexity index is 934. The topological polar surface area (TPSA) is 98.7 Å². The van der Waals surface area contributed by atoms with E-state index in [-0.39, 0.29) is 17.0 Å². The van der Waals surface area contributed by atoms with Crippen molar-refractivity contribution in [3.05, 3.63) is 59.2 Å². The first-order valence-corrected chi connectivity index (χ1v) is 9.24. The van der Waals surface area contributed by atoms with Crippen LogP contribution in [0.2, 0.25) is 0 Å². The number of fused-ring (bicyclic) bond motifs is 1. The van der Waals surface area contributed by atoms with E-state index in [2.05, 4.69) is 24.5 Å². The molecule has 0 aromatic heterocycles. The van der Waals surface area contributed by atoms with Crippen molar-refractivity contribution in [2.75, 3.05) is 10.6 Å². The zero-order valence-corrected chi connectivity index (χ0v) is 16.5. The lowest BCUT2D eigenvalue weighted by atomic mass is 9.72. The summed E-state index contributed by atoms with van der Waals surface area (Å²) in [5, 5.41) is 25.4. The third-order valence-electron chi connectivity index (χ3n) is 5.33. The molecule has 2 aromatic carbocycles. The molecule has 3 rings (SSSR count). The van der Waals surface area contributed by atoms with E-state index < -0.39 is 17.5 Å². The Hall–Kier alpha value is -3.02. The zero-order chi connectivity index (χ0) is 20.7. The summed E-state index contributed by atoms with van der Waals surface area (Å²) in [6, 6.07) is 12.8. The van der Waals surface area contributed by atoms with Crippen LogP contribution in [-0.4, -0.2) is 27.7 Å². The molecule has 0 bridgehead atoms. The lowest BCUT2D eigenvalue weighted by Crippen LogP contribution is -2.41. The van der Waals surface area contributed by atoms with Gasteiger partial charge in [0.1, 0.15) is 5.54 Å². The molecule has 1 aliphatic heterocycles. The quantitative estimate of drug-likeness (QED) is 0.612. The van der Waals surface area contributed by atoms with Gasteiger partial charge in [-0.2, -0.15) is 0 Å². The molecule has 1 unspecified atom stereocenters. The molecule has 4 N–H and O–H groups in total. The second kappa shape index (κ2) is 6.86. The first kappa shape index (κ1) is 19.7. The highest BCUT2D eigenvalue weighted by Gasteiger charge is 2.38. The Labute approximate surface area is 164 Å². The molecule has 0 saturated carbocycles. The lowest BCUT2D eigenvalue weighted by molar-refractivity contribution is -0.141. The normalized spacial score (nSPS) is 17.9. The van der Waals surface area contributed by atoms with Crippen LogP contribution in [0.4, 0.5) is 11.4 Å². The van der Waals surface area contributed by atoms with Gasteiger partial charge in [-0.05, 0) is 61.1 Å². The number of aliphatic carboxylic acids is 1. The number of rotatable bonds is 5. The van der Waals surface area contributed by atoms with Gasteiger partial charge in [0, 0.05) is 11.4 Å². The maximum Gasteiger partial charge on any atom is 0.335 e.